The zero-order valence-electron chi connectivity index (χ0n) is 16.2. The van der Waals surface area contributed by atoms with Crippen LogP contribution in [0.25, 0.3) is 6.08 Å². The summed E-state index contributed by atoms with van der Waals surface area (Å²) in [5.74, 6) is 1.62. The summed E-state index contributed by atoms with van der Waals surface area (Å²) >= 11 is 0. The van der Waals surface area contributed by atoms with Crippen molar-refractivity contribution in [3.05, 3.63) is 138 Å². The molecule has 0 heterocycles. The molecule has 2 heteroatoms. The summed E-state index contributed by atoms with van der Waals surface area (Å²) in [4.78, 5) is 0. The highest BCUT2D eigenvalue weighted by Crippen LogP contribution is 2.68. The molecule has 1 unspecified atom stereocenters. The molecular formula is C27H24OP+. The van der Waals surface area contributed by atoms with E-state index in [1.165, 1.54) is 0 Å². The van der Waals surface area contributed by atoms with Gasteiger partial charge in [-0.15, -0.1) is 0 Å². The Hall–Kier alpha value is -2.99. The van der Waals surface area contributed by atoms with Crippen LogP contribution in [-0.2, 0) is 0 Å². The molecule has 0 spiro atoms. The van der Waals surface area contributed by atoms with Crippen LogP contribution in [0.4, 0.5) is 0 Å². The summed E-state index contributed by atoms with van der Waals surface area (Å²) in [5, 5.41) is 14.1. The van der Waals surface area contributed by atoms with Crippen molar-refractivity contribution < 1.29 is 5.11 Å². The Morgan fingerprint density at radius 2 is 0.966 bits per heavy atom. The highest BCUT2D eigenvalue weighted by atomic mass is 31.2. The Kier molecular flexibility index (Phi) is 6.00. The third-order valence-electron chi connectivity index (χ3n) is 5.15. The van der Waals surface area contributed by atoms with Crippen LogP contribution in [0.15, 0.2) is 127 Å². The molecular weight excluding hydrogens is 371 g/mol. The molecule has 0 fully saturated rings. The Labute approximate surface area is 173 Å². The molecule has 29 heavy (non-hydrogen) atoms. The van der Waals surface area contributed by atoms with E-state index in [1.807, 2.05) is 60.7 Å². The lowest BCUT2D eigenvalue weighted by atomic mass is 10.2. The normalized spacial score (nSPS) is 12.7. The number of rotatable bonds is 6. The van der Waals surface area contributed by atoms with E-state index >= 15 is 0 Å². The Bertz CT molecular complexity index is 1010. The Balaban J connectivity index is 1.96. The van der Waals surface area contributed by atoms with Crippen molar-refractivity contribution in [3.8, 4) is 0 Å². The number of hydrogen-bond acceptors (Lipinski definition) is 1. The molecule has 4 rings (SSSR count). The average Bonchev–Trinajstić information content (AvgIpc) is 2.82. The maximum atomic E-state index is 11.8. The standard InChI is InChI=1S/C27H24OP/c28-27(24-15-7-2-8-16-24)29(25-17-9-3-10-18-25,26-19-11-4-12-20-26)22-21-23-13-5-1-6-14-23/h1-22,27-28H/q+1/b22-21+. The summed E-state index contributed by atoms with van der Waals surface area (Å²) in [7, 11) is -2.30. The minimum absolute atomic E-state index is 0.631. The number of aliphatic hydroxyl groups excluding tert-OH is 1. The predicted octanol–water partition coefficient (Wildman–Crippen LogP) is 6.02. The fourth-order valence-electron chi connectivity index (χ4n) is 3.66. The van der Waals surface area contributed by atoms with Gasteiger partial charge >= 0.3 is 0 Å². The van der Waals surface area contributed by atoms with E-state index in [4.69, 9.17) is 0 Å². The maximum absolute atomic E-state index is 11.8. The van der Waals surface area contributed by atoms with Gasteiger partial charge < -0.3 is 5.11 Å². The SMILES string of the molecule is OC(c1ccccc1)[P+](/C=C/c1ccccc1)(c1ccccc1)c1ccccc1. The van der Waals surface area contributed by atoms with Crippen LogP contribution in [0.3, 0.4) is 0 Å². The molecule has 0 saturated heterocycles. The largest absolute Gasteiger partial charge is 0.355 e. The third kappa shape index (κ3) is 4.07. The molecule has 142 valence electrons. The average molecular weight is 395 g/mol. The van der Waals surface area contributed by atoms with E-state index in [-0.39, 0.29) is 0 Å². The zero-order valence-corrected chi connectivity index (χ0v) is 17.1. The first-order chi connectivity index (χ1) is 14.3. The lowest BCUT2D eigenvalue weighted by molar-refractivity contribution is 0.264. The van der Waals surface area contributed by atoms with Gasteiger partial charge in [0.2, 0.25) is 5.85 Å². The van der Waals surface area contributed by atoms with Crippen molar-refractivity contribution in [3.63, 3.8) is 0 Å². The predicted molar refractivity (Wildman–Crippen MR) is 126 cm³/mol. The van der Waals surface area contributed by atoms with Crippen molar-refractivity contribution in [1.29, 1.82) is 0 Å². The van der Waals surface area contributed by atoms with Crippen LogP contribution in [0, 0.1) is 0 Å². The molecule has 0 aliphatic rings. The van der Waals surface area contributed by atoms with Crippen molar-refractivity contribution in [2.24, 2.45) is 0 Å². The minimum atomic E-state index is -2.30. The van der Waals surface area contributed by atoms with Gasteiger partial charge in [0, 0.05) is 5.56 Å². The quantitative estimate of drug-likeness (QED) is 0.396. The molecule has 0 bridgehead atoms. The van der Waals surface area contributed by atoms with Gasteiger partial charge in [-0.25, -0.2) is 0 Å². The monoisotopic (exact) mass is 395 g/mol. The second-order valence-corrected chi connectivity index (χ2v) is 10.3. The highest BCUT2D eigenvalue weighted by Gasteiger charge is 2.48. The lowest BCUT2D eigenvalue weighted by Crippen LogP contribution is -2.25. The summed E-state index contributed by atoms with van der Waals surface area (Å²) in [5.41, 5.74) is 2.07. The van der Waals surface area contributed by atoms with Crippen LogP contribution in [-0.4, -0.2) is 5.11 Å². The van der Waals surface area contributed by atoms with E-state index in [2.05, 4.69) is 72.6 Å². The van der Waals surface area contributed by atoms with Crippen molar-refractivity contribution in [2.75, 3.05) is 0 Å². The molecule has 0 aliphatic heterocycles. The van der Waals surface area contributed by atoms with Gasteiger partial charge in [-0.1, -0.05) is 97.1 Å². The van der Waals surface area contributed by atoms with Crippen molar-refractivity contribution >= 4 is 23.9 Å². The van der Waals surface area contributed by atoms with Crippen molar-refractivity contribution in [2.45, 2.75) is 5.85 Å². The molecule has 0 aliphatic carbocycles. The summed E-state index contributed by atoms with van der Waals surface area (Å²) in [6, 6.07) is 41.1. The van der Waals surface area contributed by atoms with E-state index in [1.54, 1.807) is 0 Å². The number of hydrogen-bond donors (Lipinski definition) is 1. The first-order valence-electron chi connectivity index (χ1n) is 9.78. The fraction of sp³-hybridized carbons (Fsp3) is 0.0370. The lowest BCUT2D eigenvalue weighted by Gasteiger charge is -2.29. The Morgan fingerprint density at radius 1 is 0.552 bits per heavy atom. The smallest absolute Gasteiger partial charge is 0.203 e. The van der Waals surface area contributed by atoms with Gasteiger partial charge in [-0.2, -0.15) is 0 Å². The molecule has 1 nitrogen and oxygen atoms in total. The van der Waals surface area contributed by atoms with Crippen LogP contribution in [0.5, 0.6) is 0 Å². The van der Waals surface area contributed by atoms with Crippen LogP contribution >= 0.6 is 7.26 Å². The van der Waals surface area contributed by atoms with Gasteiger partial charge in [-0.3, -0.25) is 0 Å². The van der Waals surface area contributed by atoms with E-state index in [9.17, 15) is 5.11 Å². The van der Waals surface area contributed by atoms with Gasteiger partial charge in [-0.05, 0) is 35.9 Å². The number of benzene rings is 4. The molecule has 0 saturated carbocycles. The minimum Gasteiger partial charge on any atom is -0.355 e. The van der Waals surface area contributed by atoms with E-state index in [0.717, 1.165) is 21.7 Å². The number of aliphatic hydroxyl groups is 1. The van der Waals surface area contributed by atoms with Crippen LogP contribution < -0.4 is 10.6 Å². The maximum Gasteiger partial charge on any atom is 0.203 e. The van der Waals surface area contributed by atoms with Gasteiger partial charge in [0.25, 0.3) is 0 Å². The molecule has 0 amide bonds. The topological polar surface area (TPSA) is 20.2 Å². The van der Waals surface area contributed by atoms with Gasteiger partial charge in [0.05, 0.1) is 5.82 Å². The van der Waals surface area contributed by atoms with Crippen molar-refractivity contribution in [1.82, 2.24) is 0 Å². The van der Waals surface area contributed by atoms with E-state index in [0.29, 0.717) is 0 Å². The molecule has 0 aromatic heterocycles. The summed E-state index contributed by atoms with van der Waals surface area (Å²) in [6.07, 6.45) is 2.15. The summed E-state index contributed by atoms with van der Waals surface area (Å²) < 4.78 is 0. The second-order valence-electron chi connectivity index (χ2n) is 6.96. The van der Waals surface area contributed by atoms with Crippen LogP contribution in [0.2, 0.25) is 0 Å². The first kappa shape index (κ1) is 19.3. The van der Waals surface area contributed by atoms with Gasteiger partial charge in [0.15, 0.2) is 0 Å². The second kappa shape index (κ2) is 9.01. The molecule has 0 radical (unpaired) electrons. The molecule has 1 N–H and O–H groups in total. The highest BCUT2D eigenvalue weighted by molar-refractivity contribution is 7.92. The Morgan fingerprint density at radius 3 is 1.45 bits per heavy atom. The van der Waals surface area contributed by atoms with Gasteiger partial charge in [0.1, 0.15) is 17.9 Å². The van der Waals surface area contributed by atoms with E-state index < -0.39 is 13.1 Å². The molecule has 4 aromatic rings. The molecule has 1 atom stereocenters. The van der Waals surface area contributed by atoms with Crippen LogP contribution in [0.1, 0.15) is 17.0 Å². The third-order valence-corrected chi connectivity index (χ3v) is 9.15. The first-order valence-corrected chi connectivity index (χ1v) is 11.7. The fourth-order valence-corrected chi connectivity index (χ4v) is 7.41. The zero-order chi connectivity index (χ0) is 19.9. The summed E-state index contributed by atoms with van der Waals surface area (Å²) in [6.45, 7) is 0. The molecule has 4 aromatic carbocycles.